The molecule has 1 fully saturated rings. The molecule has 1 N–H and O–H groups in total. The van der Waals surface area contributed by atoms with Gasteiger partial charge in [0.1, 0.15) is 0 Å². The van der Waals surface area contributed by atoms with Gasteiger partial charge in [0, 0.05) is 18.2 Å². The van der Waals surface area contributed by atoms with Crippen LogP contribution in [0.15, 0.2) is 18.2 Å². The summed E-state index contributed by atoms with van der Waals surface area (Å²) < 4.78 is 0. The Bertz CT molecular complexity index is 396. The van der Waals surface area contributed by atoms with E-state index in [1.54, 1.807) is 5.56 Å². The van der Waals surface area contributed by atoms with Crippen LogP contribution < -0.4 is 5.32 Å². The predicted molar refractivity (Wildman–Crippen MR) is 68.9 cm³/mol. The average Bonchev–Trinajstić information content (AvgIpc) is 2.83. The Labute approximate surface area is 98.3 Å². The van der Waals surface area contributed by atoms with Crippen LogP contribution in [0.25, 0.3) is 0 Å². The molecule has 1 aromatic carbocycles. The molecule has 0 radical (unpaired) electrons. The van der Waals surface area contributed by atoms with E-state index in [0.29, 0.717) is 0 Å². The van der Waals surface area contributed by atoms with Gasteiger partial charge in [-0.1, -0.05) is 31.0 Å². The molecule has 3 unspecified atom stereocenters. The zero-order valence-corrected chi connectivity index (χ0v) is 10.3. The molecule has 0 saturated heterocycles. The minimum atomic E-state index is 0.778. The molecule has 1 aliphatic carbocycles. The number of aryl methyl sites for hydroxylation is 1. The van der Waals surface area contributed by atoms with E-state index in [4.69, 9.17) is 0 Å². The quantitative estimate of drug-likeness (QED) is 0.748. The molecule has 1 heteroatoms. The highest BCUT2D eigenvalue weighted by Crippen LogP contribution is 2.45. The summed E-state index contributed by atoms with van der Waals surface area (Å²) in [6.45, 7) is 5.77. The van der Waals surface area contributed by atoms with Gasteiger partial charge in [0.05, 0.1) is 0 Å². The summed E-state index contributed by atoms with van der Waals surface area (Å²) in [5.74, 6) is 2.64. The van der Waals surface area contributed by atoms with Crippen molar-refractivity contribution in [3.05, 3.63) is 29.3 Å². The summed E-state index contributed by atoms with van der Waals surface area (Å²) in [4.78, 5) is 0. The van der Waals surface area contributed by atoms with Crippen molar-refractivity contribution in [1.82, 2.24) is 0 Å². The minimum Gasteiger partial charge on any atom is -0.384 e. The molecule has 0 amide bonds. The smallest absolute Gasteiger partial charge is 0.0376 e. The molecular weight excluding hydrogens is 194 g/mol. The second-order valence-corrected chi connectivity index (χ2v) is 5.76. The highest BCUT2D eigenvalue weighted by Gasteiger charge is 2.33. The van der Waals surface area contributed by atoms with Crippen molar-refractivity contribution >= 4 is 5.69 Å². The predicted octanol–water partition coefficient (Wildman–Crippen LogP) is 3.94. The van der Waals surface area contributed by atoms with Gasteiger partial charge in [0.15, 0.2) is 0 Å². The van der Waals surface area contributed by atoms with Gasteiger partial charge in [-0.2, -0.15) is 0 Å². The van der Waals surface area contributed by atoms with E-state index in [2.05, 4.69) is 37.4 Å². The van der Waals surface area contributed by atoms with Crippen molar-refractivity contribution in [2.45, 2.75) is 39.0 Å². The number of hydrogen-bond donors (Lipinski definition) is 1. The molecule has 3 atom stereocenters. The molecule has 2 aliphatic rings. The molecule has 3 rings (SSSR count). The zero-order chi connectivity index (χ0) is 11.1. The van der Waals surface area contributed by atoms with Gasteiger partial charge in [0.2, 0.25) is 0 Å². The number of anilines is 1. The van der Waals surface area contributed by atoms with Crippen LogP contribution in [0, 0.1) is 18.8 Å². The van der Waals surface area contributed by atoms with Gasteiger partial charge in [-0.15, -0.1) is 0 Å². The van der Waals surface area contributed by atoms with E-state index < -0.39 is 0 Å². The highest BCUT2D eigenvalue weighted by molar-refractivity contribution is 5.59. The van der Waals surface area contributed by atoms with Crippen LogP contribution in [-0.2, 0) is 0 Å². The van der Waals surface area contributed by atoms with Crippen molar-refractivity contribution in [2.24, 2.45) is 11.8 Å². The number of rotatable bonds is 1. The lowest BCUT2D eigenvalue weighted by molar-refractivity contribution is 0.442. The van der Waals surface area contributed by atoms with Crippen molar-refractivity contribution < 1.29 is 0 Å². The summed E-state index contributed by atoms with van der Waals surface area (Å²) in [5.41, 5.74) is 4.37. The van der Waals surface area contributed by atoms with Crippen molar-refractivity contribution in [2.75, 3.05) is 11.9 Å². The Morgan fingerprint density at radius 2 is 2.12 bits per heavy atom. The molecule has 1 aliphatic heterocycles. The molecule has 0 bridgehead atoms. The topological polar surface area (TPSA) is 12.0 Å². The van der Waals surface area contributed by atoms with Crippen molar-refractivity contribution in [3.8, 4) is 0 Å². The molecule has 0 spiro atoms. The van der Waals surface area contributed by atoms with E-state index >= 15 is 0 Å². The first-order valence-corrected chi connectivity index (χ1v) is 6.58. The third-order valence-corrected chi connectivity index (χ3v) is 4.42. The van der Waals surface area contributed by atoms with Crippen molar-refractivity contribution in [3.63, 3.8) is 0 Å². The van der Waals surface area contributed by atoms with Crippen LogP contribution in [0.4, 0.5) is 5.69 Å². The molecule has 1 aromatic rings. The van der Waals surface area contributed by atoms with E-state index in [9.17, 15) is 0 Å². The van der Waals surface area contributed by atoms with Gasteiger partial charge in [0.25, 0.3) is 0 Å². The van der Waals surface area contributed by atoms with Crippen LogP contribution in [0.2, 0.25) is 0 Å². The number of nitrogens with one attached hydrogen (secondary N) is 1. The first-order valence-electron chi connectivity index (χ1n) is 6.58. The van der Waals surface area contributed by atoms with Gasteiger partial charge in [-0.3, -0.25) is 0 Å². The van der Waals surface area contributed by atoms with E-state index in [1.165, 1.54) is 30.5 Å². The Kier molecular flexibility index (Phi) is 2.42. The zero-order valence-electron chi connectivity index (χ0n) is 10.3. The molecule has 1 nitrogen and oxygen atoms in total. The summed E-state index contributed by atoms with van der Waals surface area (Å²) in [6.07, 6.45) is 4.29. The highest BCUT2D eigenvalue weighted by atomic mass is 14.9. The Morgan fingerprint density at radius 1 is 1.25 bits per heavy atom. The van der Waals surface area contributed by atoms with E-state index in [-0.39, 0.29) is 0 Å². The maximum Gasteiger partial charge on any atom is 0.0376 e. The largest absolute Gasteiger partial charge is 0.384 e. The van der Waals surface area contributed by atoms with Crippen LogP contribution in [0.5, 0.6) is 0 Å². The maximum atomic E-state index is 3.57. The van der Waals surface area contributed by atoms with Gasteiger partial charge in [-0.25, -0.2) is 0 Å². The Morgan fingerprint density at radius 3 is 2.88 bits per heavy atom. The second kappa shape index (κ2) is 3.80. The first kappa shape index (κ1) is 10.2. The molecule has 86 valence electrons. The maximum absolute atomic E-state index is 3.57. The summed E-state index contributed by atoms with van der Waals surface area (Å²) in [7, 11) is 0. The van der Waals surface area contributed by atoms with E-state index in [1.807, 2.05) is 0 Å². The third kappa shape index (κ3) is 1.63. The number of fused-ring (bicyclic) bond motifs is 1. The summed E-state index contributed by atoms with van der Waals surface area (Å²) in [6, 6.07) is 6.86. The van der Waals surface area contributed by atoms with Crippen LogP contribution in [0.1, 0.15) is 43.2 Å². The fourth-order valence-electron chi connectivity index (χ4n) is 3.52. The Balaban J connectivity index is 1.88. The standard InChI is InChI=1S/C15H21N/c1-10-3-5-12(7-10)14-9-16-15-6-4-11(2)8-13(14)15/h4,6,8,10,12,14,16H,3,5,7,9H2,1-2H3. The van der Waals surface area contributed by atoms with Crippen LogP contribution in [0.3, 0.4) is 0 Å². The van der Waals surface area contributed by atoms with Gasteiger partial charge >= 0.3 is 0 Å². The summed E-state index contributed by atoms with van der Waals surface area (Å²) in [5, 5.41) is 3.57. The molecule has 16 heavy (non-hydrogen) atoms. The van der Waals surface area contributed by atoms with Gasteiger partial charge < -0.3 is 5.32 Å². The van der Waals surface area contributed by atoms with E-state index in [0.717, 1.165) is 24.3 Å². The van der Waals surface area contributed by atoms with Crippen molar-refractivity contribution in [1.29, 1.82) is 0 Å². The molecule has 1 heterocycles. The number of hydrogen-bond acceptors (Lipinski definition) is 1. The Hall–Kier alpha value is -0.980. The molecular formula is C15H21N. The molecule has 1 saturated carbocycles. The van der Waals surface area contributed by atoms with Gasteiger partial charge in [-0.05, 0) is 43.2 Å². The fraction of sp³-hybridized carbons (Fsp3) is 0.600. The summed E-state index contributed by atoms with van der Waals surface area (Å²) >= 11 is 0. The first-order chi connectivity index (χ1) is 7.74. The minimum absolute atomic E-state index is 0.778. The molecule has 0 aromatic heterocycles. The monoisotopic (exact) mass is 215 g/mol. The SMILES string of the molecule is Cc1ccc2c(c1)C(C1CCC(C)C1)CN2. The lowest BCUT2D eigenvalue weighted by atomic mass is 9.85. The third-order valence-electron chi connectivity index (χ3n) is 4.42. The average molecular weight is 215 g/mol. The van der Waals surface area contributed by atoms with Crippen LogP contribution in [-0.4, -0.2) is 6.54 Å². The second-order valence-electron chi connectivity index (χ2n) is 5.76. The number of benzene rings is 1. The lowest BCUT2D eigenvalue weighted by Gasteiger charge is -2.18. The fourth-order valence-corrected chi connectivity index (χ4v) is 3.52. The van der Waals surface area contributed by atoms with Crippen LogP contribution >= 0.6 is 0 Å². The lowest BCUT2D eigenvalue weighted by Crippen LogP contribution is -2.12. The normalized spacial score (nSPS) is 32.5.